The van der Waals surface area contributed by atoms with E-state index in [1.54, 1.807) is 6.92 Å². The number of benzene rings is 2. The molecule has 0 aliphatic heterocycles. The van der Waals surface area contributed by atoms with E-state index in [1.807, 2.05) is 6.92 Å². The van der Waals surface area contributed by atoms with E-state index >= 15 is 0 Å². The van der Waals surface area contributed by atoms with E-state index in [0.717, 1.165) is 6.42 Å². The monoisotopic (exact) mass is 445 g/mol. The van der Waals surface area contributed by atoms with Crippen molar-refractivity contribution in [2.24, 2.45) is 0 Å². The van der Waals surface area contributed by atoms with Crippen molar-refractivity contribution in [2.75, 3.05) is 11.3 Å². The van der Waals surface area contributed by atoms with Crippen molar-refractivity contribution in [2.45, 2.75) is 31.2 Å². The number of carbonyl (C=O) groups is 2. The van der Waals surface area contributed by atoms with Gasteiger partial charge in [0.1, 0.15) is 6.04 Å². The number of H-pyrrole nitrogens is 2. The van der Waals surface area contributed by atoms with E-state index in [-0.39, 0.29) is 22.1 Å². The van der Waals surface area contributed by atoms with Crippen LogP contribution in [0.5, 0.6) is 0 Å². The summed E-state index contributed by atoms with van der Waals surface area (Å²) in [6, 6.07) is 9.33. The summed E-state index contributed by atoms with van der Waals surface area (Å²) in [7, 11) is -3.91. The third kappa shape index (κ3) is 5.31. The molecule has 3 aromatic rings. The van der Waals surface area contributed by atoms with Crippen molar-refractivity contribution in [3.63, 3.8) is 0 Å². The Morgan fingerprint density at radius 2 is 1.71 bits per heavy atom. The average Bonchev–Trinajstić information content (AvgIpc) is 3.11. The Balaban J connectivity index is 1.68. The highest BCUT2D eigenvalue weighted by Crippen LogP contribution is 2.19. The van der Waals surface area contributed by atoms with Gasteiger partial charge in [0.05, 0.1) is 15.9 Å². The Morgan fingerprint density at radius 1 is 1.03 bits per heavy atom. The van der Waals surface area contributed by atoms with Crippen molar-refractivity contribution in [3.05, 3.63) is 58.5 Å². The molecule has 1 unspecified atom stereocenters. The summed E-state index contributed by atoms with van der Waals surface area (Å²) in [6.07, 6.45) is 0.792. The third-order valence-electron chi connectivity index (χ3n) is 4.49. The highest BCUT2D eigenvalue weighted by Gasteiger charge is 2.18. The topological polar surface area (TPSA) is 153 Å². The number of nitrogens with one attached hydrogen (secondary N) is 5. The van der Waals surface area contributed by atoms with Gasteiger partial charge in [-0.25, -0.2) is 13.2 Å². The zero-order valence-electron chi connectivity index (χ0n) is 17.0. The number of hydrogen-bond donors (Lipinski definition) is 5. The quantitative estimate of drug-likeness (QED) is 0.354. The predicted molar refractivity (Wildman–Crippen MR) is 116 cm³/mol. The molecule has 1 aromatic heterocycles. The number of carbonyl (C=O) groups excluding carboxylic acids is 2. The van der Waals surface area contributed by atoms with Crippen LogP contribution in [-0.2, 0) is 14.8 Å². The van der Waals surface area contributed by atoms with Gasteiger partial charge in [-0.3, -0.25) is 14.3 Å². The minimum absolute atomic E-state index is 0.0241. The van der Waals surface area contributed by atoms with E-state index in [4.69, 9.17) is 0 Å². The number of aromatic nitrogens is 2. The van der Waals surface area contributed by atoms with Gasteiger partial charge in [0.25, 0.3) is 15.9 Å². The van der Waals surface area contributed by atoms with E-state index < -0.39 is 27.7 Å². The van der Waals surface area contributed by atoms with Crippen molar-refractivity contribution in [3.8, 4) is 0 Å². The highest BCUT2D eigenvalue weighted by molar-refractivity contribution is 7.92. The minimum atomic E-state index is -3.91. The lowest BCUT2D eigenvalue weighted by molar-refractivity contribution is -0.122. The van der Waals surface area contributed by atoms with Gasteiger partial charge in [-0.15, -0.1) is 0 Å². The van der Waals surface area contributed by atoms with E-state index in [9.17, 15) is 22.8 Å². The van der Waals surface area contributed by atoms with Crippen molar-refractivity contribution in [1.82, 2.24) is 20.6 Å². The molecular formula is C20H23N5O5S. The first kappa shape index (κ1) is 22.1. The van der Waals surface area contributed by atoms with Crippen LogP contribution in [0.4, 0.5) is 5.69 Å². The molecule has 164 valence electrons. The summed E-state index contributed by atoms with van der Waals surface area (Å²) in [6.45, 7) is 4.04. The average molecular weight is 446 g/mol. The summed E-state index contributed by atoms with van der Waals surface area (Å²) < 4.78 is 27.7. The maximum atomic E-state index is 12.6. The van der Waals surface area contributed by atoms with Gasteiger partial charge in [0, 0.05) is 17.8 Å². The molecule has 2 amide bonds. The fraction of sp³-hybridized carbons (Fsp3) is 0.250. The van der Waals surface area contributed by atoms with Gasteiger partial charge < -0.3 is 20.6 Å². The standard InChI is InChI=1S/C20H23N5O5S/c1-3-10-21-18(26)12(2)22-19(27)13-4-6-14(7-5-13)25-31(29,30)15-8-9-16-17(11-15)24-20(28)23-16/h4-9,11-12,25H,3,10H2,1-2H3,(H,21,26)(H,22,27)(H2,23,24,28). The lowest BCUT2D eigenvalue weighted by Gasteiger charge is -2.14. The number of amides is 2. The van der Waals surface area contributed by atoms with Gasteiger partial charge >= 0.3 is 5.69 Å². The van der Waals surface area contributed by atoms with Crippen LogP contribution in [0, 0.1) is 0 Å². The molecule has 3 rings (SSSR count). The Kier molecular flexibility index (Phi) is 6.44. The minimum Gasteiger partial charge on any atom is -0.354 e. The van der Waals surface area contributed by atoms with Crippen molar-refractivity contribution >= 4 is 38.6 Å². The number of imidazole rings is 1. The van der Waals surface area contributed by atoms with Gasteiger partial charge in [-0.05, 0) is 55.8 Å². The van der Waals surface area contributed by atoms with Gasteiger partial charge in [-0.2, -0.15) is 0 Å². The van der Waals surface area contributed by atoms with Gasteiger partial charge in [0.15, 0.2) is 0 Å². The SMILES string of the molecule is CCCNC(=O)C(C)NC(=O)c1ccc(NS(=O)(=O)c2ccc3[nH]c(=O)[nH]c3c2)cc1. The first-order chi connectivity index (χ1) is 14.7. The molecule has 31 heavy (non-hydrogen) atoms. The van der Waals surface area contributed by atoms with Crippen LogP contribution >= 0.6 is 0 Å². The number of aromatic amines is 2. The smallest absolute Gasteiger partial charge is 0.323 e. The van der Waals surface area contributed by atoms with Crippen LogP contribution in [0.2, 0.25) is 0 Å². The molecule has 11 heteroatoms. The Hall–Kier alpha value is -3.60. The summed E-state index contributed by atoms with van der Waals surface area (Å²) >= 11 is 0. The molecule has 0 fully saturated rings. The number of hydrogen-bond acceptors (Lipinski definition) is 5. The molecule has 10 nitrogen and oxygen atoms in total. The molecular weight excluding hydrogens is 422 g/mol. The summed E-state index contributed by atoms with van der Waals surface area (Å²) in [5.41, 5.74) is 0.981. The largest absolute Gasteiger partial charge is 0.354 e. The van der Waals surface area contributed by atoms with Crippen LogP contribution in [-0.4, -0.2) is 42.8 Å². The van der Waals surface area contributed by atoms with E-state index in [1.165, 1.54) is 42.5 Å². The zero-order valence-corrected chi connectivity index (χ0v) is 17.8. The van der Waals surface area contributed by atoms with Crippen molar-refractivity contribution in [1.29, 1.82) is 0 Å². The van der Waals surface area contributed by atoms with E-state index in [0.29, 0.717) is 17.6 Å². The first-order valence-corrected chi connectivity index (χ1v) is 11.1. The number of anilines is 1. The molecule has 1 heterocycles. The lowest BCUT2D eigenvalue weighted by Crippen LogP contribution is -2.44. The van der Waals surface area contributed by atoms with Crippen LogP contribution in [0.3, 0.4) is 0 Å². The summed E-state index contributed by atoms with van der Waals surface area (Å²) in [4.78, 5) is 40.6. The van der Waals surface area contributed by atoms with Crippen LogP contribution < -0.4 is 21.0 Å². The van der Waals surface area contributed by atoms with Crippen LogP contribution in [0.25, 0.3) is 11.0 Å². The van der Waals surface area contributed by atoms with Gasteiger partial charge in [0.2, 0.25) is 5.91 Å². The molecule has 1 atom stereocenters. The molecule has 2 aromatic carbocycles. The second kappa shape index (κ2) is 9.04. The van der Waals surface area contributed by atoms with Crippen LogP contribution in [0.15, 0.2) is 52.2 Å². The van der Waals surface area contributed by atoms with Crippen LogP contribution in [0.1, 0.15) is 30.6 Å². The lowest BCUT2D eigenvalue weighted by atomic mass is 10.2. The molecule has 0 radical (unpaired) electrons. The Bertz CT molecular complexity index is 1260. The molecule has 0 aliphatic carbocycles. The number of fused-ring (bicyclic) bond motifs is 1. The zero-order chi connectivity index (χ0) is 22.6. The van der Waals surface area contributed by atoms with E-state index in [2.05, 4.69) is 25.3 Å². The predicted octanol–water partition coefficient (Wildman–Crippen LogP) is 1.30. The molecule has 0 bridgehead atoms. The molecule has 0 aliphatic rings. The molecule has 0 saturated carbocycles. The maximum Gasteiger partial charge on any atom is 0.323 e. The maximum absolute atomic E-state index is 12.6. The van der Waals surface area contributed by atoms with Gasteiger partial charge in [-0.1, -0.05) is 6.92 Å². The third-order valence-corrected chi connectivity index (χ3v) is 5.87. The summed E-state index contributed by atoms with van der Waals surface area (Å²) in [5, 5.41) is 5.30. The first-order valence-electron chi connectivity index (χ1n) is 9.63. The Labute approximate surface area is 178 Å². The highest BCUT2D eigenvalue weighted by atomic mass is 32.2. The molecule has 5 N–H and O–H groups in total. The second-order valence-corrected chi connectivity index (χ2v) is 8.64. The fourth-order valence-corrected chi connectivity index (χ4v) is 3.91. The number of rotatable bonds is 8. The summed E-state index contributed by atoms with van der Waals surface area (Å²) in [5.74, 6) is -0.726. The Morgan fingerprint density at radius 3 is 2.39 bits per heavy atom. The number of sulfonamides is 1. The second-order valence-electron chi connectivity index (χ2n) is 6.96. The fourth-order valence-electron chi connectivity index (χ4n) is 2.83. The molecule has 0 spiro atoms. The molecule has 0 saturated heterocycles. The van der Waals surface area contributed by atoms with Crippen molar-refractivity contribution < 1.29 is 18.0 Å². The normalized spacial score (nSPS) is 12.3.